The lowest BCUT2D eigenvalue weighted by molar-refractivity contribution is 0.102. The lowest BCUT2D eigenvalue weighted by atomic mass is 10.2. The third kappa shape index (κ3) is 2.31. The molecule has 1 aromatic carbocycles. The second-order valence-corrected chi connectivity index (χ2v) is 4.45. The van der Waals surface area contributed by atoms with E-state index in [1.54, 1.807) is 19.1 Å². The van der Waals surface area contributed by atoms with Gasteiger partial charge in [0.2, 0.25) is 0 Å². The topological polar surface area (TPSA) is 83.8 Å². The Labute approximate surface area is 109 Å². The van der Waals surface area contributed by atoms with Crippen LogP contribution in [0.2, 0.25) is 5.02 Å². The quantitative estimate of drug-likeness (QED) is 0.779. The van der Waals surface area contributed by atoms with E-state index < -0.39 is 0 Å². The molecule has 18 heavy (non-hydrogen) atoms. The minimum Gasteiger partial charge on any atom is -0.382 e. The fourth-order valence-electron chi connectivity index (χ4n) is 1.65. The highest BCUT2D eigenvalue weighted by Gasteiger charge is 2.17. The van der Waals surface area contributed by atoms with Crippen molar-refractivity contribution in [1.82, 2.24) is 10.2 Å². The molecule has 0 atom stereocenters. The first kappa shape index (κ1) is 12.4. The summed E-state index contributed by atoms with van der Waals surface area (Å²) in [5.74, 6) is -0.153. The number of amides is 1. The molecule has 0 saturated heterocycles. The van der Waals surface area contributed by atoms with Crippen LogP contribution in [-0.4, -0.2) is 16.1 Å². The molecular weight excluding hydrogens is 252 g/mol. The molecule has 0 spiro atoms. The molecule has 2 aromatic rings. The monoisotopic (exact) mass is 264 g/mol. The third-order valence-corrected chi connectivity index (χ3v) is 2.90. The number of anilines is 2. The maximum atomic E-state index is 12.1. The van der Waals surface area contributed by atoms with E-state index in [0.717, 1.165) is 5.56 Å². The van der Waals surface area contributed by atoms with Gasteiger partial charge in [0.15, 0.2) is 5.82 Å². The average Bonchev–Trinajstić information content (AvgIpc) is 2.63. The number of nitrogens with two attached hydrogens (primary N) is 1. The molecule has 0 bridgehead atoms. The molecule has 0 aliphatic rings. The lowest BCUT2D eigenvalue weighted by Gasteiger charge is -2.08. The number of halogens is 1. The molecule has 5 nitrogen and oxygen atoms in total. The highest BCUT2D eigenvalue weighted by atomic mass is 35.5. The van der Waals surface area contributed by atoms with E-state index in [9.17, 15) is 4.79 Å². The van der Waals surface area contributed by atoms with Crippen molar-refractivity contribution in [2.24, 2.45) is 0 Å². The summed E-state index contributed by atoms with van der Waals surface area (Å²) in [6, 6.07) is 5.40. The molecule has 0 saturated carbocycles. The van der Waals surface area contributed by atoms with Crippen molar-refractivity contribution in [2.45, 2.75) is 13.8 Å². The fourth-order valence-corrected chi connectivity index (χ4v) is 1.82. The van der Waals surface area contributed by atoms with Gasteiger partial charge in [0.25, 0.3) is 5.91 Å². The SMILES string of the molecule is Cc1ccc(Cl)c(NC(=O)c2c(N)n[nH]c2C)c1. The van der Waals surface area contributed by atoms with Gasteiger partial charge < -0.3 is 11.1 Å². The molecule has 1 amide bonds. The number of aromatic nitrogens is 2. The van der Waals surface area contributed by atoms with E-state index in [2.05, 4.69) is 15.5 Å². The minimum absolute atomic E-state index is 0.175. The standard InChI is InChI=1S/C12H13ClN4O/c1-6-3-4-8(13)9(5-6)15-12(18)10-7(2)16-17-11(10)14/h3-5H,1-2H3,(H,15,18)(H3,14,16,17). The van der Waals surface area contributed by atoms with Gasteiger partial charge in [0.05, 0.1) is 10.7 Å². The normalized spacial score (nSPS) is 10.4. The summed E-state index contributed by atoms with van der Waals surface area (Å²) in [7, 11) is 0. The average molecular weight is 265 g/mol. The number of hydrogen-bond acceptors (Lipinski definition) is 3. The van der Waals surface area contributed by atoms with Gasteiger partial charge >= 0.3 is 0 Å². The zero-order valence-corrected chi connectivity index (χ0v) is 10.8. The molecule has 0 fully saturated rings. The van der Waals surface area contributed by atoms with Crippen LogP contribution in [0, 0.1) is 13.8 Å². The summed E-state index contributed by atoms with van der Waals surface area (Å²) in [4.78, 5) is 12.1. The summed E-state index contributed by atoms with van der Waals surface area (Å²) in [5, 5.41) is 9.64. The van der Waals surface area contributed by atoms with Crippen LogP contribution >= 0.6 is 11.6 Å². The highest BCUT2D eigenvalue weighted by molar-refractivity contribution is 6.34. The summed E-state index contributed by atoms with van der Waals surface area (Å²) in [6.07, 6.45) is 0. The van der Waals surface area contributed by atoms with Crippen molar-refractivity contribution < 1.29 is 4.79 Å². The predicted molar refractivity (Wildman–Crippen MR) is 71.9 cm³/mol. The Balaban J connectivity index is 2.30. The van der Waals surface area contributed by atoms with Crippen LogP contribution in [-0.2, 0) is 0 Å². The molecule has 0 aliphatic heterocycles. The number of benzene rings is 1. The van der Waals surface area contributed by atoms with E-state index >= 15 is 0 Å². The summed E-state index contributed by atoms with van der Waals surface area (Å²) in [5.41, 5.74) is 8.15. The first-order chi connectivity index (χ1) is 8.49. The molecule has 0 radical (unpaired) electrons. The number of nitrogens with one attached hydrogen (secondary N) is 2. The Morgan fingerprint density at radius 2 is 2.17 bits per heavy atom. The predicted octanol–water partition coefficient (Wildman–Crippen LogP) is 2.51. The molecule has 4 N–H and O–H groups in total. The molecule has 2 rings (SSSR count). The molecule has 1 heterocycles. The van der Waals surface area contributed by atoms with Crippen LogP contribution in [0.15, 0.2) is 18.2 Å². The van der Waals surface area contributed by atoms with E-state index in [4.69, 9.17) is 17.3 Å². The number of aryl methyl sites for hydroxylation is 2. The first-order valence-corrected chi connectivity index (χ1v) is 5.74. The van der Waals surface area contributed by atoms with Crippen LogP contribution in [0.5, 0.6) is 0 Å². The van der Waals surface area contributed by atoms with Crippen LogP contribution < -0.4 is 11.1 Å². The largest absolute Gasteiger partial charge is 0.382 e. The maximum Gasteiger partial charge on any atom is 0.261 e. The third-order valence-electron chi connectivity index (χ3n) is 2.57. The van der Waals surface area contributed by atoms with Gasteiger partial charge in [-0.05, 0) is 31.5 Å². The Hall–Kier alpha value is -2.01. The van der Waals surface area contributed by atoms with E-state index in [0.29, 0.717) is 22.0 Å². The van der Waals surface area contributed by atoms with Crippen LogP contribution in [0.1, 0.15) is 21.6 Å². The van der Waals surface area contributed by atoms with Crippen LogP contribution in [0.3, 0.4) is 0 Å². The Morgan fingerprint density at radius 3 is 2.78 bits per heavy atom. The van der Waals surface area contributed by atoms with Gasteiger partial charge in [-0.15, -0.1) is 0 Å². The number of carbonyl (C=O) groups excluding carboxylic acids is 1. The number of rotatable bonds is 2. The van der Waals surface area contributed by atoms with Gasteiger partial charge in [0, 0.05) is 5.69 Å². The molecule has 1 aromatic heterocycles. The number of aromatic amines is 1. The molecule has 0 aliphatic carbocycles. The number of H-pyrrole nitrogens is 1. The Kier molecular flexibility index (Phi) is 3.25. The van der Waals surface area contributed by atoms with Crippen molar-refractivity contribution in [2.75, 3.05) is 11.1 Å². The summed E-state index contributed by atoms with van der Waals surface area (Å²) in [6.45, 7) is 3.65. The minimum atomic E-state index is -0.328. The summed E-state index contributed by atoms with van der Waals surface area (Å²) < 4.78 is 0. The zero-order chi connectivity index (χ0) is 13.3. The van der Waals surface area contributed by atoms with Gasteiger partial charge in [0.1, 0.15) is 5.56 Å². The second kappa shape index (κ2) is 4.70. The Bertz CT molecular complexity index is 587. The van der Waals surface area contributed by atoms with Gasteiger partial charge in [-0.25, -0.2) is 0 Å². The maximum absolute atomic E-state index is 12.1. The zero-order valence-electron chi connectivity index (χ0n) is 10.0. The van der Waals surface area contributed by atoms with Gasteiger partial charge in [-0.2, -0.15) is 5.10 Å². The second-order valence-electron chi connectivity index (χ2n) is 4.05. The van der Waals surface area contributed by atoms with Crippen LogP contribution in [0.25, 0.3) is 0 Å². The fraction of sp³-hybridized carbons (Fsp3) is 0.167. The van der Waals surface area contributed by atoms with E-state index in [1.165, 1.54) is 0 Å². The van der Waals surface area contributed by atoms with Crippen molar-refractivity contribution in [1.29, 1.82) is 0 Å². The number of carbonyl (C=O) groups is 1. The van der Waals surface area contributed by atoms with Crippen molar-refractivity contribution in [3.05, 3.63) is 40.0 Å². The molecular formula is C12H13ClN4O. The van der Waals surface area contributed by atoms with Crippen molar-refractivity contribution >= 4 is 29.0 Å². The lowest BCUT2D eigenvalue weighted by Crippen LogP contribution is -2.14. The van der Waals surface area contributed by atoms with Crippen LogP contribution in [0.4, 0.5) is 11.5 Å². The number of nitrogen functional groups attached to an aromatic ring is 1. The van der Waals surface area contributed by atoms with E-state index in [1.807, 2.05) is 13.0 Å². The van der Waals surface area contributed by atoms with E-state index in [-0.39, 0.29) is 11.7 Å². The first-order valence-electron chi connectivity index (χ1n) is 5.37. The van der Waals surface area contributed by atoms with Gasteiger partial charge in [-0.3, -0.25) is 9.89 Å². The molecule has 0 unspecified atom stereocenters. The molecule has 94 valence electrons. The number of hydrogen-bond donors (Lipinski definition) is 3. The van der Waals surface area contributed by atoms with Crippen molar-refractivity contribution in [3.8, 4) is 0 Å². The molecule has 6 heteroatoms. The highest BCUT2D eigenvalue weighted by Crippen LogP contribution is 2.24. The number of nitrogens with zero attached hydrogens (tertiary/aromatic N) is 1. The Morgan fingerprint density at radius 1 is 1.44 bits per heavy atom. The summed E-state index contributed by atoms with van der Waals surface area (Å²) >= 11 is 6.01. The smallest absolute Gasteiger partial charge is 0.261 e. The van der Waals surface area contributed by atoms with Gasteiger partial charge in [-0.1, -0.05) is 17.7 Å². The van der Waals surface area contributed by atoms with Crippen molar-refractivity contribution in [3.63, 3.8) is 0 Å².